The number of hydrogen-bond donors (Lipinski definition) is 2. The normalized spacial score (nSPS) is 18.6. The van der Waals surface area contributed by atoms with Gasteiger partial charge in [-0.15, -0.1) is 0 Å². The highest BCUT2D eigenvalue weighted by Crippen LogP contribution is 2.27. The van der Waals surface area contributed by atoms with Crippen LogP contribution in [0, 0.1) is 12.8 Å². The molecule has 1 amide bonds. The first kappa shape index (κ1) is 15.6. The topological polar surface area (TPSA) is 122 Å². The van der Waals surface area contributed by atoms with Gasteiger partial charge in [0.25, 0.3) is 0 Å². The van der Waals surface area contributed by atoms with Crippen molar-refractivity contribution in [2.75, 3.05) is 17.2 Å². The third-order valence-corrected chi connectivity index (χ3v) is 4.64. The molecule has 3 N–H and O–H groups in total. The van der Waals surface area contributed by atoms with Crippen molar-refractivity contribution in [1.29, 1.82) is 0 Å². The molecule has 0 radical (unpaired) electrons. The summed E-state index contributed by atoms with van der Waals surface area (Å²) in [4.78, 5) is 17.9. The van der Waals surface area contributed by atoms with Gasteiger partial charge in [-0.2, -0.15) is 5.10 Å². The molecular formula is C14H17N5O3S. The van der Waals surface area contributed by atoms with E-state index in [1.54, 1.807) is 17.0 Å². The summed E-state index contributed by atoms with van der Waals surface area (Å²) in [5.74, 6) is 0.774. The molecule has 9 heteroatoms. The number of aromatic amines is 1. The number of nitrogens with two attached hydrogens (primary N) is 1. The Kier molecular flexibility index (Phi) is 3.90. The molecule has 1 aromatic heterocycles. The lowest BCUT2D eigenvalue weighted by molar-refractivity contribution is -0.117. The summed E-state index contributed by atoms with van der Waals surface area (Å²) < 4.78 is 22.3. The lowest BCUT2D eigenvalue weighted by Crippen LogP contribution is -2.27. The van der Waals surface area contributed by atoms with Crippen LogP contribution >= 0.6 is 0 Å². The zero-order chi connectivity index (χ0) is 16.6. The molecule has 1 fully saturated rings. The molecule has 3 rings (SSSR count). The average Bonchev–Trinajstić information content (AvgIpc) is 3.03. The van der Waals surface area contributed by atoms with Crippen LogP contribution in [0.1, 0.15) is 12.2 Å². The van der Waals surface area contributed by atoms with E-state index in [2.05, 4.69) is 15.2 Å². The summed E-state index contributed by atoms with van der Waals surface area (Å²) >= 11 is 0. The Morgan fingerprint density at radius 3 is 2.61 bits per heavy atom. The van der Waals surface area contributed by atoms with Crippen LogP contribution < -0.4 is 10.0 Å². The molecule has 8 nitrogen and oxygen atoms in total. The van der Waals surface area contributed by atoms with Crippen LogP contribution in [0.4, 0.5) is 5.69 Å². The van der Waals surface area contributed by atoms with Gasteiger partial charge in [0.2, 0.25) is 15.9 Å². The van der Waals surface area contributed by atoms with Crippen molar-refractivity contribution in [2.45, 2.75) is 13.3 Å². The van der Waals surface area contributed by atoms with Crippen molar-refractivity contribution in [1.82, 2.24) is 15.2 Å². The Morgan fingerprint density at radius 2 is 2.04 bits per heavy atom. The van der Waals surface area contributed by atoms with E-state index < -0.39 is 10.0 Å². The summed E-state index contributed by atoms with van der Waals surface area (Å²) in [6.07, 6.45) is 0.193. The maximum absolute atomic E-state index is 12.1. The van der Waals surface area contributed by atoms with Crippen molar-refractivity contribution in [3.8, 4) is 11.4 Å². The summed E-state index contributed by atoms with van der Waals surface area (Å²) in [5, 5.41) is 11.9. The summed E-state index contributed by atoms with van der Waals surface area (Å²) in [6, 6.07) is 7.27. The molecule has 2 aromatic rings. The van der Waals surface area contributed by atoms with Gasteiger partial charge in [0.15, 0.2) is 5.82 Å². The van der Waals surface area contributed by atoms with E-state index >= 15 is 0 Å². The number of carbonyl (C=O) groups excluding carboxylic acids is 1. The number of aromatic nitrogens is 3. The van der Waals surface area contributed by atoms with Crippen LogP contribution in [0.25, 0.3) is 11.4 Å². The molecule has 122 valence electrons. The van der Waals surface area contributed by atoms with Crippen molar-refractivity contribution < 1.29 is 13.2 Å². The van der Waals surface area contributed by atoms with Crippen molar-refractivity contribution in [3.63, 3.8) is 0 Å². The number of hydrogen-bond acceptors (Lipinski definition) is 5. The number of anilines is 1. The maximum atomic E-state index is 12.1. The molecule has 1 atom stereocenters. The van der Waals surface area contributed by atoms with Crippen molar-refractivity contribution in [3.05, 3.63) is 30.1 Å². The van der Waals surface area contributed by atoms with Gasteiger partial charge in [-0.05, 0) is 31.2 Å². The molecule has 2 heterocycles. The van der Waals surface area contributed by atoms with Gasteiger partial charge in [0, 0.05) is 30.1 Å². The minimum absolute atomic E-state index is 0.0971. The average molecular weight is 335 g/mol. The van der Waals surface area contributed by atoms with E-state index in [0.717, 1.165) is 17.1 Å². The Balaban J connectivity index is 1.76. The fraction of sp³-hybridized carbons (Fsp3) is 0.357. The van der Waals surface area contributed by atoms with Crippen molar-refractivity contribution >= 4 is 21.6 Å². The first-order chi connectivity index (χ1) is 10.8. The Labute approximate surface area is 133 Å². The molecule has 0 bridgehead atoms. The highest BCUT2D eigenvalue weighted by Gasteiger charge is 2.32. The van der Waals surface area contributed by atoms with Crippen LogP contribution in [0.2, 0.25) is 0 Å². The number of primary sulfonamides is 1. The van der Waals surface area contributed by atoms with Crippen molar-refractivity contribution in [2.24, 2.45) is 11.1 Å². The number of sulfonamides is 1. The highest BCUT2D eigenvalue weighted by molar-refractivity contribution is 7.89. The maximum Gasteiger partial charge on any atom is 0.227 e. The van der Waals surface area contributed by atoms with Gasteiger partial charge in [-0.25, -0.2) is 18.5 Å². The number of nitrogens with zero attached hydrogens (tertiary/aromatic N) is 3. The van der Waals surface area contributed by atoms with E-state index in [1.807, 2.05) is 19.1 Å². The molecule has 1 aliphatic heterocycles. The molecular weight excluding hydrogens is 318 g/mol. The van der Waals surface area contributed by atoms with Crippen LogP contribution in [0.15, 0.2) is 24.3 Å². The molecule has 1 saturated heterocycles. The van der Waals surface area contributed by atoms with E-state index in [0.29, 0.717) is 12.4 Å². The van der Waals surface area contributed by atoms with Crippen LogP contribution in [-0.4, -0.2) is 41.8 Å². The summed E-state index contributed by atoms with van der Waals surface area (Å²) in [6.45, 7) is 2.17. The van der Waals surface area contributed by atoms with Gasteiger partial charge in [-0.1, -0.05) is 0 Å². The zero-order valence-electron chi connectivity index (χ0n) is 12.6. The second kappa shape index (κ2) is 5.74. The molecule has 0 saturated carbocycles. The highest BCUT2D eigenvalue weighted by atomic mass is 32.2. The van der Waals surface area contributed by atoms with Gasteiger partial charge < -0.3 is 4.90 Å². The second-order valence-electron chi connectivity index (χ2n) is 5.70. The smallest absolute Gasteiger partial charge is 0.227 e. The summed E-state index contributed by atoms with van der Waals surface area (Å²) in [5.41, 5.74) is 1.56. The quantitative estimate of drug-likeness (QED) is 0.838. The molecule has 0 aliphatic carbocycles. The Morgan fingerprint density at radius 1 is 1.35 bits per heavy atom. The van der Waals surface area contributed by atoms with Gasteiger partial charge in [-0.3, -0.25) is 9.89 Å². The predicted octanol–water partition coefficient (Wildman–Crippen LogP) is 0.422. The molecule has 1 unspecified atom stereocenters. The number of nitrogens with one attached hydrogen (secondary N) is 1. The van der Waals surface area contributed by atoms with Gasteiger partial charge >= 0.3 is 0 Å². The number of carbonyl (C=O) groups is 1. The zero-order valence-corrected chi connectivity index (χ0v) is 13.4. The lowest BCUT2D eigenvalue weighted by atomic mass is 10.1. The second-order valence-corrected chi connectivity index (χ2v) is 7.35. The first-order valence-electron chi connectivity index (χ1n) is 7.12. The van der Waals surface area contributed by atoms with Gasteiger partial charge in [0.05, 0.1) is 5.75 Å². The fourth-order valence-electron chi connectivity index (χ4n) is 2.73. The number of amides is 1. The van der Waals surface area contributed by atoms with Gasteiger partial charge in [0.1, 0.15) is 5.82 Å². The first-order valence-corrected chi connectivity index (χ1v) is 8.83. The fourth-order valence-corrected chi connectivity index (χ4v) is 3.61. The van der Waals surface area contributed by atoms with E-state index in [-0.39, 0.29) is 24.0 Å². The largest absolute Gasteiger partial charge is 0.312 e. The monoisotopic (exact) mass is 335 g/mol. The molecule has 1 aromatic carbocycles. The third kappa shape index (κ3) is 3.57. The number of aryl methyl sites for hydroxylation is 1. The van der Waals surface area contributed by atoms with E-state index in [1.165, 1.54) is 0 Å². The number of benzene rings is 1. The third-order valence-electron chi connectivity index (χ3n) is 3.71. The molecule has 1 aliphatic rings. The minimum Gasteiger partial charge on any atom is -0.312 e. The van der Waals surface area contributed by atoms with E-state index in [9.17, 15) is 13.2 Å². The van der Waals surface area contributed by atoms with Crippen LogP contribution in [0.5, 0.6) is 0 Å². The standard InChI is InChI=1S/C14H17N5O3S/c1-9-16-14(18-17-9)11-2-4-12(5-3-11)19-7-10(6-13(19)20)8-23(15,21)22/h2-5,10H,6-8H2,1H3,(H2,15,21,22)(H,16,17,18). The predicted molar refractivity (Wildman–Crippen MR) is 85.0 cm³/mol. The lowest BCUT2D eigenvalue weighted by Gasteiger charge is -2.16. The minimum atomic E-state index is -3.58. The van der Waals surface area contributed by atoms with E-state index in [4.69, 9.17) is 5.14 Å². The Hall–Kier alpha value is -2.26. The number of H-pyrrole nitrogens is 1. The van der Waals surface area contributed by atoms with Crippen LogP contribution in [0.3, 0.4) is 0 Å². The summed E-state index contributed by atoms with van der Waals surface area (Å²) in [7, 11) is -3.58. The number of rotatable bonds is 4. The SMILES string of the molecule is Cc1nc(-c2ccc(N3CC(CS(N)(=O)=O)CC3=O)cc2)n[nH]1. The Bertz CT molecular complexity index is 828. The molecule has 0 spiro atoms. The molecule has 23 heavy (non-hydrogen) atoms. The van der Waals surface area contributed by atoms with Crippen LogP contribution in [-0.2, 0) is 14.8 Å².